The summed E-state index contributed by atoms with van der Waals surface area (Å²) in [4.78, 5) is 22.4. The summed E-state index contributed by atoms with van der Waals surface area (Å²) in [6, 6.07) is 5.38. The highest BCUT2D eigenvalue weighted by Crippen LogP contribution is 2.08. The number of rotatable bonds is 6. The van der Waals surface area contributed by atoms with Gasteiger partial charge in [-0.2, -0.15) is 5.10 Å². The lowest BCUT2D eigenvalue weighted by Gasteiger charge is -2.15. The van der Waals surface area contributed by atoms with E-state index in [0.717, 1.165) is 18.8 Å². The van der Waals surface area contributed by atoms with Gasteiger partial charge in [0.25, 0.3) is 5.91 Å². The second kappa shape index (κ2) is 6.83. The molecule has 0 radical (unpaired) electrons. The van der Waals surface area contributed by atoms with Gasteiger partial charge in [-0.25, -0.2) is 9.97 Å². The third kappa shape index (κ3) is 4.01. The Labute approximate surface area is 123 Å². The number of carbonyl (C=O) groups is 1. The van der Waals surface area contributed by atoms with Crippen molar-refractivity contribution in [1.82, 2.24) is 25.1 Å². The van der Waals surface area contributed by atoms with Crippen LogP contribution in [0.2, 0.25) is 0 Å². The van der Waals surface area contributed by atoms with Crippen molar-refractivity contribution in [1.29, 1.82) is 0 Å². The van der Waals surface area contributed by atoms with E-state index in [-0.39, 0.29) is 5.91 Å². The molecule has 0 spiro atoms. The van der Waals surface area contributed by atoms with Crippen LogP contribution in [0.25, 0.3) is 0 Å². The molecule has 2 aromatic rings. The SMILES string of the molecule is CCCNc1cccc(C(=O)N(C)Cc2n[nH]c(C)n2)n1. The number of hydrogen-bond donors (Lipinski definition) is 2. The molecule has 7 heteroatoms. The average molecular weight is 288 g/mol. The van der Waals surface area contributed by atoms with E-state index in [0.29, 0.717) is 23.9 Å². The lowest BCUT2D eigenvalue weighted by atomic mass is 10.3. The summed E-state index contributed by atoms with van der Waals surface area (Å²) in [7, 11) is 1.71. The molecule has 0 aliphatic carbocycles. The summed E-state index contributed by atoms with van der Waals surface area (Å²) in [6.45, 7) is 5.08. The maximum Gasteiger partial charge on any atom is 0.272 e. The highest BCUT2D eigenvalue weighted by molar-refractivity contribution is 5.92. The molecule has 0 atom stereocenters. The number of carbonyl (C=O) groups excluding carboxylic acids is 1. The molecule has 2 rings (SSSR count). The van der Waals surface area contributed by atoms with E-state index in [1.165, 1.54) is 0 Å². The number of H-pyrrole nitrogens is 1. The van der Waals surface area contributed by atoms with Crippen molar-refractivity contribution >= 4 is 11.7 Å². The first-order valence-corrected chi connectivity index (χ1v) is 6.94. The average Bonchev–Trinajstić information content (AvgIpc) is 2.89. The summed E-state index contributed by atoms with van der Waals surface area (Å²) in [5.74, 6) is 1.88. The molecule has 2 heterocycles. The first-order valence-electron chi connectivity index (χ1n) is 6.94. The molecule has 0 saturated heterocycles. The highest BCUT2D eigenvalue weighted by Gasteiger charge is 2.15. The maximum absolute atomic E-state index is 12.4. The standard InChI is InChI=1S/C14H20N6O/c1-4-8-15-12-7-5-6-11(17-12)14(21)20(3)9-13-16-10(2)18-19-13/h5-7H,4,8-9H2,1-3H3,(H,15,17)(H,16,18,19). The Morgan fingerprint density at radius 1 is 1.38 bits per heavy atom. The van der Waals surface area contributed by atoms with E-state index in [1.807, 2.05) is 19.1 Å². The van der Waals surface area contributed by atoms with Crippen LogP contribution in [0.1, 0.15) is 35.5 Å². The quantitative estimate of drug-likeness (QED) is 0.843. The normalized spacial score (nSPS) is 10.4. The fourth-order valence-corrected chi connectivity index (χ4v) is 1.84. The summed E-state index contributed by atoms with van der Waals surface area (Å²) in [6.07, 6.45) is 1.00. The second-order valence-electron chi connectivity index (χ2n) is 4.83. The summed E-state index contributed by atoms with van der Waals surface area (Å²) in [5.41, 5.74) is 0.408. The molecule has 112 valence electrons. The van der Waals surface area contributed by atoms with Crippen LogP contribution >= 0.6 is 0 Å². The molecule has 1 amide bonds. The Hall–Kier alpha value is -2.44. The van der Waals surface area contributed by atoms with E-state index < -0.39 is 0 Å². The number of nitrogens with one attached hydrogen (secondary N) is 2. The van der Waals surface area contributed by atoms with E-state index in [1.54, 1.807) is 18.0 Å². The smallest absolute Gasteiger partial charge is 0.272 e. The van der Waals surface area contributed by atoms with Crippen LogP contribution in [-0.4, -0.2) is 44.6 Å². The molecule has 2 aromatic heterocycles. The van der Waals surface area contributed by atoms with Crippen LogP contribution in [0.5, 0.6) is 0 Å². The molecule has 0 bridgehead atoms. The summed E-state index contributed by atoms with van der Waals surface area (Å²) < 4.78 is 0. The number of pyridine rings is 1. The van der Waals surface area contributed by atoms with Gasteiger partial charge in [-0.1, -0.05) is 13.0 Å². The summed E-state index contributed by atoms with van der Waals surface area (Å²) >= 11 is 0. The lowest BCUT2D eigenvalue weighted by molar-refractivity contribution is 0.0776. The van der Waals surface area contributed by atoms with Crippen molar-refractivity contribution in [3.63, 3.8) is 0 Å². The van der Waals surface area contributed by atoms with E-state index in [4.69, 9.17) is 0 Å². The third-order valence-corrected chi connectivity index (χ3v) is 2.89. The lowest BCUT2D eigenvalue weighted by Crippen LogP contribution is -2.27. The minimum Gasteiger partial charge on any atom is -0.370 e. The number of aromatic nitrogens is 4. The van der Waals surface area contributed by atoms with Crippen LogP contribution in [-0.2, 0) is 6.54 Å². The zero-order valence-corrected chi connectivity index (χ0v) is 12.6. The Morgan fingerprint density at radius 2 is 2.19 bits per heavy atom. The molecule has 0 saturated carbocycles. The molecule has 0 aromatic carbocycles. The first kappa shape index (κ1) is 15.0. The second-order valence-corrected chi connectivity index (χ2v) is 4.83. The van der Waals surface area contributed by atoms with Crippen LogP contribution in [0.3, 0.4) is 0 Å². The Morgan fingerprint density at radius 3 is 2.86 bits per heavy atom. The number of nitrogens with zero attached hydrogens (tertiary/aromatic N) is 4. The van der Waals surface area contributed by atoms with Gasteiger partial charge in [0.1, 0.15) is 17.3 Å². The third-order valence-electron chi connectivity index (χ3n) is 2.89. The molecular weight excluding hydrogens is 268 g/mol. The number of amides is 1. The van der Waals surface area contributed by atoms with Crippen LogP contribution in [0.4, 0.5) is 5.82 Å². The molecule has 0 aliphatic heterocycles. The number of anilines is 1. The topological polar surface area (TPSA) is 86.8 Å². The fourth-order valence-electron chi connectivity index (χ4n) is 1.84. The van der Waals surface area contributed by atoms with E-state index in [9.17, 15) is 4.79 Å². The molecule has 0 unspecified atom stereocenters. The van der Waals surface area contributed by atoms with Crippen molar-refractivity contribution in [3.05, 3.63) is 35.5 Å². The zero-order chi connectivity index (χ0) is 15.2. The molecular formula is C14H20N6O. The van der Waals surface area contributed by atoms with Crippen molar-refractivity contribution in [3.8, 4) is 0 Å². The zero-order valence-electron chi connectivity index (χ0n) is 12.6. The summed E-state index contributed by atoms with van der Waals surface area (Å²) in [5, 5.41) is 9.96. The number of aryl methyl sites for hydroxylation is 1. The largest absolute Gasteiger partial charge is 0.370 e. The van der Waals surface area contributed by atoms with Gasteiger partial charge in [-0.3, -0.25) is 9.89 Å². The maximum atomic E-state index is 12.4. The Balaban J connectivity index is 2.04. The van der Waals surface area contributed by atoms with Gasteiger partial charge in [-0.15, -0.1) is 0 Å². The van der Waals surface area contributed by atoms with Crippen molar-refractivity contribution in [2.45, 2.75) is 26.8 Å². The Kier molecular flexibility index (Phi) is 4.86. The number of hydrogen-bond acceptors (Lipinski definition) is 5. The van der Waals surface area contributed by atoms with Crippen molar-refractivity contribution in [2.75, 3.05) is 18.9 Å². The van der Waals surface area contributed by atoms with Gasteiger partial charge >= 0.3 is 0 Å². The van der Waals surface area contributed by atoms with Crippen LogP contribution in [0, 0.1) is 6.92 Å². The van der Waals surface area contributed by atoms with E-state index >= 15 is 0 Å². The molecule has 7 nitrogen and oxygen atoms in total. The molecule has 0 fully saturated rings. The van der Waals surface area contributed by atoms with Gasteiger partial charge in [0, 0.05) is 13.6 Å². The van der Waals surface area contributed by atoms with Gasteiger partial charge < -0.3 is 10.2 Å². The van der Waals surface area contributed by atoms with E-state index in [2.05, 4.69) is 32.4 Å². The molecule has 2 N–H and O–H groups in total. The van der Waals surface area contributed by atoms with Crippen LogP contribution < -0.4 is 5.32 Å². The van der Waals surface area contributed by atoms with Crippen molar-refractivity contribution < 1.29 is 4.79 Å². The van der Waals surface area contributed by atoms with Gasteiger partial charge in [-0.05, 0) is 25.5 Å². The fraction of sp³-hybridized carbons (Fsp3) is 0.429. The predicted molar refractivity (Wildman–Crippen MR) is 79.9 cm³/mol. The Bertz CT molecular complexity index is 609. The van der Waals surface area contributed by atoms with Gasteiger partial charge in [0.2, 0.25) is 0 Å². The first-order chi connectivity index (χ1) is 10.1. The van der Waals surface area contributed by atoms with Gasteiger partial charge in [0.05, 0.1) is 6.54 Å². The van der Waals surface area contributed by atoms with Crippen molar-refractivity contribution in [2.24, 2.45) is 0 Å². The molecule has 21 heavy (non-hydrogen) atoms. The van der Waals surface area contributed by atoms with Crippen LogP contribution in [0.15, 0.2) is 18.2 Å². The minimum atomic E-state index is -0.155. The highest BCUT2D eigenvalue weighted by atomic mass is 16.2. The minimum absolute atomic E-state index is 0.155. The molecule has 0 aliphatic rings. The number of aromatic amines is 1. The van der Waals surface area contributed by atoms with Gasteiger partial charge in [0.15, 0.2) is 5.82 Å². The predicted octanol–water partition coefficient (Wildman–Crippen LogP) is 1.60. The monoisotopic (exact) mass is 288 g/mol.